The number of carbonyl (C=O) groups excluding carboxylic acids is 3. The van der Waals surface area contributed by atoms with Crippen LogP contribution >= 0.6 is 11.3 Å². The molecule has 0 aliphatic carbocycles. The second-order valence-electron chi connectivity index (χ2n) is 6.84. The Labute approximate surface area is 188 Å². The number of thiophene rings is 1. The van der Waals surface area contributed by atoms with Crippen LogP contribution in [0.15, 0.2) is 53.5 Å². The highest BCUT2D eigenvalue weighted by atomic mass is 32.1. The number of aryl methyl sites for hydroxylation is 1. The summed E-state index contributed by atoms with van der Waals surface area (Å²) in [5.41, 5.74) is 1.53. The molecule has 1 amide bonds. The summed E-state index contributed by atoms with van der Waals surface area (Å²) in [7, 11) is 1.55. The van der Waals surface area contributed by atoms with E-state index in [0.717, 1.165) is 16.5 Å². The standard InChI is InChI=1S/C23H22N2O6S/c1-4-30-23(29)19-14(2)20(15-8-6-5-7-9-15)32-21(19)24-17(26)13-31-22(28)16-10-11-25(3)18(27)12-16/h5-12H,4,13H2,1-3H3,(H,24,26). The van der Waals surface area contributed by atoms with Gasteiger partial charge in [0, 0.05) is 24.2 Å². The lowest BCUT2D eigenvalue weighted by atomic mass is 10.1. The first kappa shape index (κ1) is 23.0. The average Bonchev–Trinajstić information content (AvgIpc) is 3.10. The van der Waals surface area contributed by atoms with Gasteiger partial charge in [-0.25, -0.2) is 9.59 Å². The summed E-state index contributed by atoms with van der Waals surface area (Å²) in [6.45, 7) is 3.10. The number of anilines is 1. The first-order chi connectivity index (χ1) is 15.3. The van der Waals surface area contributed by atoms with Crippen molar-refractivity contribution in [3.05, 3.63) is 75.7 Å². The maximum Gasteiger partial charge on any atom is 0.341 e. The fourth-order valence-electron chi connectivity index (χ4n) is 2.97. The molecule has 0 unspecified atom stereocenters. The van der Waals surface area contributed by atoms with E-state index in [2.05, 4.69) is 5.32 Å². The Balaban J connectivity index is 1.78. The number of nitrogens with one attached hydrogen (secondary N) is 1. The average molecular weight is 455 g/mol. The lowest BCUT2D eigenvalue weighted by Gasteiger charge is -2.08. The summed E-state index contributed by atoms with van der Waals surface area (Å²) in [4.78, 5) is 49.6. The molecule has 9 heteroatoms. The summed E-state index contributed by atoms with van der Waals surface area (Å²) >= 11 is 1.24. The maximum atomic E-state index is 12.5. The van der Waals surface area contributed by atoms with Crippen LogP contribution in [0.3, 0.4) is 0 Å². The van der Waals surface area contributed by atoms with Crippen LogP contribution in [0.4, 0.5) is 5.00 Å². The molecule has 0 saturated heterocycles. The van der Waals surface area contributed by atoms with Crippen LogP contribution in [0, 0.1) is 6.92 Å². The Morgan fingerprint density at radius 2 is 1.78 bits per heavy atom. The predicted molar refractivity (Wildman–Crippen MR) is 121 cm³/mol. The van der Waals surface area contributed by atoms with E-state index in [0.29, 0.717) is 10.6 Å². The van der Waals surface area contributed by atoms with Crippen LogP contribution in [0.25, 0.3) is 10.4 Å². The van der Waals surface area contributed by atoms with E-state index in [1.54, 1.807) is 20.9 Å². The summed E-state index contributed by atoms with van der Waals surface area (Å²) in [5, 5.41) is 2.96. The Bertz CT molecular complexity index is 1210. The van der Waals surface area contributed by atoms with Crippen molar-refractivity contribution in [2.24, 2.45) is 7.05 Å². The first-order valence-electron chi connectivity index (χ1n) is 9.81. The van der Waals surface area contributed by atoms with Crippen molar-refractivity contribution >= 4 is 34.2 Å². The van der Waals surface area contributed by atoms with E-state index >= 15 is 0 Å². The molecule has 166 valence electrons. The fraction of sp³-hybridized carbons (Fsp3) is 0.217. The van der Waals surface area contributed by atoms with Gasteiger partial charge in [-0.05, 0) is 31.0 Å². The van der Waals surface area contributed by atoms with Crippen LogP contribution in [0.5, 0.6) is 0 Å². The number of hydrogen-bond donors (Lipinski definition) is 1. The van der Waals surface area contributed by atoms with Crippen molar-refractivity contribution in [2.75, 3.05) is 18.5 Å². The number of esters is 2. The van der Waals surface area contributed by atoms with Crippen molar-refractivity contribution in [1.29, 1.82) is 0 Å². The van der Waals surface area contributed by atoms with Gasteiger partial charge in [0.2, 0.25) is 0 Å². The highest BCUT2D eigenvalue weighted by Crippen LogP contribution is 2.40. The third-order valence-electron chi connectivity index (χ3n) is 4.59. The second-order valence-corrected chi connectivity index (χ2v) is 7.86. The molecule has 0 bridgehead atoms. The quantitative estimate of drug-likeness (QED) is 0.549. The SMILES string of the molecule is CCOC(=O)c1c(NC(=O)COC(=O)c2ccn(C)c(=O)c2)sc(-c2ccccc2)c1C. The van der Waals surface area contributed by atoms with Gasteiger partial charge in [-0.2, -0.15) is 0 Å². The molecule has 2 heterocycles. The molecular formula is C23H22N2O6S. The first-order valence-corrected chi connectivity index (χ1v) is 10.6. The molecule has 0 fully saturated rings. The Kier molecular flexibility index (Phi) is 7.21. The monoisotopic (exact) mass is 454 g/mol. The van der Waals surface area contributed by atoms with Gasteiger partial charge in [-0.1, -0.05) is 30.3 Å². The van der Waals surface area contributed by atoms with Gasteiger partial charge in [0.05, 0.1) is 17.7 Å². The topological polar surface area (TPSA) is 104 Å². The lowest BCUT2D eigenvalue weighted by molar-refractivity contribution is -0.119. The number of ether oxygens (including phenoxy) is 2. The Morgan fingerprint density at radius 1 is 1.06 bits per heavy atom. The molecule has 1 N–H and O–H groups in total. The predicted octanol–water partition coefficient (Wildman–Crippen LogP) is 3.39. The molecule has 0 atom stereocenters. The van der Waals surface area contributed by atoms with Crippen molar-refractivity contribution < 1.29 is 23.9 Å². The lowest BCUT2D eigenvalue weighted by Crippen LogP contribution is -2.23. The third kappa shape index (κ3) is 5.12. The minimum absolute atomic E-state index is 0.0476. The van der Waals surface area contributed by atoms with Crippen molar-refractivity contribution in [2.45, 2.75) is 13.8 Å². The maximum absolute atomic E-state index is 12.5. The number of hydrogen-bond acceptors (Lipinski definition) is 7. The van der Waals surface area contributed by atoms with Gasteiger partial charge in [-0.15, -0.1) is 11.3 Å². The zero-order valence-electron chi connectivity index (χ0n) is 17.8. The zero-order valence-corrected chi connectivity index (χ0v) is 18.7. The van der Waals surface area contributed by atoms with Crippen LogP contribution in [-0.4, -0.2) is 35.6 Å². The van der Waals surface area contributed by atoms with E-state index in [1.807, 2.05) is 30.3 Å². The molecule has 8 nitrogen and oxygen atoms in total. The molecule has 0 aliphatic heterocycles. The zero-order chi connectivity index (χ0) is 23.3. The van der Waals surface area contributed by atoms with Crippen molar-refractivity contribution in [1.82, 2.24) is 4.57 Å². The number of pyridine rings is 1. The number of amides is 1. The Morgan fingerprint density at radius 3 is 2.44 bits per heavy atom. The van der Waals surface area contributed by atoms with E-state index in [-0.39, 0.29) is 23.3 Å². The van der Waals surface area contributed by atoms with Crippen LogP contribution < -0.4 is 10.9 Å². The van der Waals surface area contributed by atoms with Crippen LogP contribution in [-0.2, 0) is 21.3 Å². The second kappa shape index (κ2) is 10.1. The molecule has 1 aromatic carbocycles. The van der Waals surface area contributed by atoms with E-state index in [1.165, 1.54) is 28.2 Å². The number of nitrogens with zero attached hydrogens (tertiary/aromatic N) is 1. The number of benzene rings is 1. The summed E-state index contributed by atoms with van der Waals surface area (Å²) in [6, 6.07) is 12.0. The van der Waals surface area contributed by atoms with Gasteiger partial charge in [-0.3, -0.25) is 9.59 Å². The van der Waals surface area contributed by atoms with E-state index in [4.69, 9.17) is 9.47 Å². The highest BCUT2D eigenvalue weighted by molar-refractivity contribution is 7.20. The van der Waals surface area contributed by atoms with Gasteiger partial charge in [0.15, 0.2) is 6.61 Å². The van der Waals surface area contributed by atoms with Crippen LogP contribution in [0.2, 0.25) is 0 Å². The largest absolute Gasteiger partial charge is 0.462 e. The van der Waals surface area contributed by atoms with E-state index < -0.39 is 24.5 Å². The van der Waals surface area contributed by atoms with E-state index in [9.17, 15) is 19.2 Å². The molecule has 2 aromatic heterocycles. The smallest absolute Gasteiger partial charge is 0.341 e. The molecule has 32 heavy (non-hydrogen) atoms. The van der Waals surface area contributed by atoms with Crippen molar-refractivity contribution in [3.63, 3.8) is 0 Å². The normalized spacial score (nSPS) is 10.5. The van der Waals surface area contributed by atoms with Gasteiger partial charge >= 0.3 is 11.9 Å². The minimum atomic E-state index is -0.796. The Hall–Kier alpha value is -3.72. The number of rotatable bonds is 7. The molecule has 3 aromatic rings. The van der Waals surface area contributed by atoms with Gasteiger partial charge in [0.1, 0.15) is 5.00 Å². The number of aromatic nitrogens is 1. The van der Waals surface area contributed by atoms with Crippen molar-refractivity contribution in [3.8, 4) is 10.4 Å². The molecule has 0 spiro atoms. The highest BCUT2D eigenvalue weighted by Gasteiger charge is 2.24. The van der Waals surface area contributed by atoms with Crippen LogP contribution in [0.1, 0.15) is 33.2 Å². The molecule has 0 aliphatic rings. The van der Waals surface area contributed by atoms with Gasteiger partial charge < -0.3 is 19.4 Å². The van der Waals surface area contributed by atoms with Gasteiger partial charge in [0.25, 0.3) is 11.5 Å². The molecule has 0 radical (unpaired) electrons. The molecular weight excluding hydrogens is 432 g/mol. The molecule has 0 saturated carbocycles. The summed E-state index contributed by atoms with van der Waals surface area (Å²) in [6.07, 6.45) is 1.43. The molecule has 3 rings (SSSR count). The fourth-order valence-corrected chi connectivity index (χ4v) is 4.18. The third-order valence-corrected chi connectivity index (χ3v) is 5.85. The number of carbonyl (C=O) groups is 3. The summed E-state index contributed by atoms with van der Waals surface area (Å²) < 4.78 is 11.5. The minimum Gasteiger partial charge on any atom is -0.462 e. The summed E-state index contributed by atoms with van der Waals surface area (Å²) in [5.74, 6) is -1.96.